The third kappa shape index (κ3) is 3.49. The predicted octanol–water partition coefficient (Wildman–Crippen LogP) is 3.09. The van der Waals surface area contributed by atoms with E-state index in [-0.39, 0.29) is 17.9 Å². The second kappa shape index (κ2) is 7.63. The van der Waals surface area contributed by atoms with E-state index < -0.39 is 16.9 Å². The molecule has 1 saturated heterocycles. The Kier molecular flexibility index (Phi) is 5.22. The second-order valence-electron chi connectivity index (χ2n) is 6.47. The smallest absolute Gasteiger partial charge is 0.329 e. The first kappa shape index (κ1) is 19.9. The van der Waals surface area contributed by atoms with Crippen molar-refractivity contribution in [2.75, 3.05) is 13.7 Å². The fourth-order valence-electron chi connectivity index (χ4n) is 3.29. The van der Waals surface area contributed by atoms with Gasteiger partial charge in [-0.2, -0.15) is 0 Å². The zero-order valence-corrected chi connectivity index (χ0v) is 16.3. The number of hydrogen-bond donors (Lipinski definition) is 1. The monoisotopic (exact) mass is 396 g/mol. The zero-order valence-electron chi connectivity index (χ0n) is 16.3. The van der Waals surface area contributed by atoms with Gasteiger partial charge in [0.1, 0.15) is 11.4 Å². The molecule has 0 saturated carbocycles. The maximum atomic E-state index is 12.4. The number of hydrogen-bond acceptors (Lipinski definition) is 5. The van der Waals surface area contributed by atoms with Gasteiger partial charge in [0.2, 0.25) is 0 Å². The number of nitro benzene ring substituents is 1. The zero-order chi connectivity index (χ0) is 21.3. The Morgan fingerprint density at radius 1 is 1.28 bits per heavy atom. The van der Waals surface area contributed by atoms with Crippen LogP contribution < -0.4 is 10.1 Å². The van der Waals surface area contributed by atoms with Crippen LogP contribution in [0, 0.1) is 24.0 Å². The van der Waals surface area contributed by atoms with Gasteiger partial charge in [-0.3, -0.25) is 19.8 Å². The van der Waals surface area contributed by atoms with E-state index in [4.69, 9.17) is 4.74 Å². The van der Waals surface area contributed by atoms with Crippen molar-refractivity contribution in [2.45, 2.75) is 13.8 Å². The van der Waals surface area contributed by atoms with Gasteiger partial charge in [-0.1, -0.05) is 6.08 Å². The van der Waals surface area contributed by atoms with Crippen molar-refractivity contribution < 1.29 is 19.2 Å². The van der Waals surface area contributed by atoms with Crippen LogP contribution in [0.5, 0.6) is 5.75 Å². The van der Waals surface area contributed by atoms with Gasteiger partial charge in [0, 0.05) is 30.1 Å². The van der Waals surface area contributed by atoms with E-state index in [0.29, 0.717) is 17.0 Å². The summed E-state index contributed by atoms with van der Waals surface area (Å²) in [5, 5.41) is 13.8. The van der Waals surface area contributed by atoms with Crippen LogP contribution in [0.1, 0.15) is 17.0 Å². The molecule has 1 N–H and O–H groups in total. The first-order valence-electron chi connectivity index (χ1n) is 8.75. The van der Waals surface area contributed by atoms with Crippen molar-refractivity contribution >= 4 is 23.7 Å². The number of aryl methyl sites for hydroxylation is 1. The molecule has 3 amide bonds. The van der Waals surface area contributed by atoms with Crippen LogP contribution in [0.15, 0.2) is 42.6 Å². The van der Waals surface area contributed by atoms with Crippen LogP contribution in [-0.4, -0.2) is 40.0 Å². The molecule has 1 aromatic carbocycles. The summed E-state index contributed by atoms with van der Waals surface area (Å²) in [6, 6.07) is 5.68. The lowest BCUT2D eigenvalue weighted by atomic mass is 10.2. The summed E-state index contributed by atoms with van der Waals surface area (Å²) in [6.45, 7) is 7.32. The van der Waals surface area contributed by atoms with E-state index in [2.05, 4.69) is 11.9 Å². The second-order valence-corrected chi connectivity index (χ2v) is 6.47. The summed E-state index contributed by atoms with van der Waals surface area (Å²) in [6.07, 6.45) is 3.06. The highest BCUT2D eigenvalue weighted by Crippen LogP contribution is 2.32. The number of carbonyl (C=O) groups excluding carboxylic acids is 2. The Morgan fingerprint density at radius 2 is 2.00 bits per heavy atom. The van der Waals surface area contributed by atoms with E-state index in [1.165, 1.54) is 25.3 Å². The molecule has 1 fully saturated rings. The average Bonchev–Trinajstić information content (AvgIpc) is 3.11. The van der Waals surface area contributed by atoms with Crippen LogP contribution in [0.25, 0.3) is 11.8 Å². The fraction of sp³-hybridized carbons (Fsp3) is 0.200. The Labute approximate surface area is 167 Å². The number of aromatic nitrogens is 1. The number of nitrogens with zero attached hydrogens (tertiary/aromatic N) is 3. The summed E-state index contributed by atoms with van der Waals surface area (Å²) in [5.41, 5.74) is 2.82. The first-order valence-corrected chi connectivity index (χ1v) is 8.75. The minimum atomic E-state index is -0.504. The molecule has 1 aliphatic heterocycles. The van der Waals surface area contributed by atoms with Crippen LogP contribution >= 0.6 is 0 Å². The minimum Gasteiger partial charge on any atom is -0.495 e. The molecule has 150 valence electrons. The maximum Gasteiger partial charge on any atom is 0.329 e. The number of nitro groups is 1. The Bertz CT molecular complexity index is 1070. The number of ether oxygens (including phenoxy) is 1. The quantitative estimate of drug-likeness (QED) is 0.265. The van der Waals surface area contributed by atoms with E-state index in [9.17, 15) is 19.7 Å². The summed E-state index contributed by atoms with van der Waals surface area (Å²) in [4.78, 5) is 36.2. The number of non-ortho nitro benzene ring substituents is 1. The number of imide groups is 1. The summed E-state index contributed by atoms with van der Waals surface area (Å²) in [5.74, 6) is 0.0339. The molecule has 0 bridgehead atoms. The van der Waals surface area contributed by atoms with Crippen LogP contribution in [-0.2, 0) is 4.79 Å². The Morgan fingerprint density at radius 3 is 2.62 bits per heavy atom. The predicted molar refractivity (Wildman–Crippen MR) is 107 cm³/mol. The number of rotatable bonds is 6. The highest BCUT2D eigenvalue weighted by molar-refractivity contribution is 6.14. The molecule has 9 heteroatoms. The number of carbonyl (C=O) groups is 2. The van der Waals surface area contributed by atoms with Gasteiger partial charge in [0.15, 0.2) is 0 Å². The summed E-state index contributed by atoms with van der Waals surface area (Å²) in [7, 11) is 1.49. The van der Waals surface area contributed by atoms with Gasteiger partial charge in [0.25, 0.3) is 11.6 Å². The lowest BCUT2D eigenvalue weighted by molar-refractivity contribution is -0.384. The molecular weight excluding hydrogens is 376 g/mol. The molecule has 29 heavy (non-hydrogen) atoms. The average molecular weight is 396 g/mol. The Balaban J connectivity index is 2.08. The lowest BCUT2D eigenvalue weighted by Gasteiger charge is -2.13. The van der Waals surface area contributed by atoms with Gasteiger partial charge >= 0.3 is 6.03 Å². The topological polar surface area (TPSA) is 107 Å². The highest BCUT2D eigenvalue weighted by atomic mass is 16.6. The highest BCUT2D eigenvalue weighted by Gasteiger charge is 2.32. The molecule has 0 unspecified atom stereocenters. The van der Waals surface area contributed by atoms with Crippen molar-refractivity contribution in [1.82, 2.24) is 14.8 Å². The molecule has 0 aliphatic carbocycles. The third-order valence-corrected chi connectivity index (χ3v) is 4.66. The molecule has 3 rings (SSSR count). The summed E-state index contributed by atoms with van der Waals surface area (Å²) < 4.78 is 7.18. The molecule has 2 aromatic rings. The van der Waals surface area contributed by atoms with E-state index >= 15 is 0 Å². The molecule has 1 aliphatic rings. The minimum absolute atomic E-state index is 0.0634. The van der Waals surface area contributed by atoms with Crippen molar-refractivity contribution in [3.8, 4) is 11.4 Å². The molecule has 2 heterocycles. The number of urea groups is 1. The van der Waals surface area contributed by atoms with Crippen molar-refractivity contribution in [3.05, 3.63) is 69.7 Å². The van der Waals surface area contributed by atoms with Gasteiger partial charge in [-0.05, 0) is 37.6 Å². The van der Waals surface area contributed by atoms with Gasteiger partial charge in [-0.15, -0.1) is 6.58 Å². The molecular formula is C20H20N4O5. The number of amides is 3. The van der Waals surface area contributed by atoms with Gasteiger partial charge < -0.3 is 14.6 Å². The van der Waals surface area contributed by atoms with Crippen LogP contribution in [0.2, 0.25) is 0 Å². The molecule has 0 radical (unpaired) electrons. The molecule has 0 atom stereocenters. The van der Waals surface area contributed by atoms with E-state index in [0.717, 1.165) is 16.3 Å². The lowest BCUT2D eigenvalue weighted by Crippen LogP contribution is -2.30. The van der Waals surface area contributed by atoms with Crippen molar-refractivity contribution in [1.29, 1.82) is 0 Å². The van der Waals surface area contributed by atoms with Crippen molar-refractivity contribution in [3.63, 3.8) is 0 Å². The standard InChI is InChI=1S/C20H20N4O5/c1-5-8-22-19(25)16(21-20(22)26)10-14-9-12(2)23(13(14)3)17-11-15(24(27)28)6-7-18(17)29-4/h5-7,9-11H,1,8H2,2-4H3,(H,21,26)/b16-10+. The Hall–Kier alpha value is -3.88. The molecule has 0 spiro atoms. The van der Waals surface area contributed by atoms with Crippen LogP contribution in [0.4, 0.5) is 10.5 Å². The normalized spacial score (nSPS) is 15.0. The maximum absolute atomic E-state index is 12.4. The van der Waals surface area contributed by atoms with Gasteiger partial charge in [0.05, 0.1) is 17.7 Å². The molecule has 9 nitrogen and oxygen atoms in total. The number of benzene rings is 1. The van der Waals surface area contributed by atoms with Gasteiger partial charge in [-0.25, -0.2) is 4.79 Å². The SMILES string of the molecule is C=CCN1C(=O)N/C(=C/c2cc(C)n(-c3cc([N+](=O)[O-])ccc3OC)c2C)C1=O. The van der Waals surface area contributed by atoms with Crippen molar-refractivity contribution in [2.24, 2.45) is 0 Å². The first-order chi connectivity index (χ1) is 13.8. The van der Waals surface area contributed by atoms with Crippen LogP contribution in [0.3, 0.4) is 0 Å². The fourth-order valence-corrected chi connectivity index (χ4v) is 3.29. The molecule has 1 aromatic heterocycles. The number of nitrogens with one attached hydrogen (secondary N) is 1. The summed E-state index contributed by atoms with van der Waals surface area (Å²) >= 11 is 0. The number of methoxy groups -OCH3 is 1. The van der Waals surface area contributed by atoms with E-state index in [1.807, 2.05) is 19.9 Å². The van der Waals surface area contributed by atoms with E-state index in [1.54, 1.807) is 16.7 Å². The third-order valence-electron chi connectivity index (χ3n) is 4.66. The largest absolute Gasteiger partial charge is 0.495 e.